The van der Waals surface area contributed by atoms with Gasteiger partial charge < -0.3 is 9.47 Å². The molecule has 1 aliphatic rings. The lowest BCUT2D eigenvalue weighted by molar-refractivity contribution is -0.139. The average Bonchev–Trinajstić information content (AvgIpc) is 2.91. The number of hydrogen-bond acceptors (Lipinski definition) is 6. The van der Waals surface area contributed by atoms with Crippen LogP contribution in [0.3, 0.4) is 0 Å². The van der Waals surface area contributed by atoms with E-state index in [4.69, 9.17) is 4.74 Å². The topological polar surface area (TPSA) is 93.2 Å². The zero-order chi connectivity index (χ0) is 21.1. The fourth-order valence-corrected chi connectivity index (χ4v) is 2.66. The van der Waals surface area contributed by atoms with Crippen molar-refractivity contribution < 1.29 is 37.4 Å². The van der Waals surface area contributed by atoms with Crippen LogP contribution in [-0.2, 0) is 9.59 Å². The van der Waals surface area contributed by atoms with Crippen molar-refractivity contribution in [2.45, 2.75) is 6.61 Å². The highest BCUT2D eigenvalue weighted by Crippen LogP contribution is 2.25. The van der Waals surface area contributed by atoms with E-state index < -0.39 is 36.8 Å². The first-order chi connectivity index (χ1) is 13.8. The number of hydrogen-bond donors (Lipinski definition) is 0. The molecule has 0 aromatic heterocycles. The van der Waals surface area contributed by atoms with E-state index >= 15 is 0 Å². The summed E-state index contributed by atoms with van der Waals surface area (Å²) in [5.74, 6) is -2.54. The molecule has 0 unspecified atom stereocenters. The highest BCUT2D eigenvalue weighted by molar-refractivity contribution is 6.53. The Hall–Kier alpha value is -3.82. The summed E-state index contributed by atoms with van der Waals surface area (Å²) in [5.41, 5.74) is 0.208. The molecule has 0 bridgehead atoms. The Balaban J connectivity index is 1.75. The van der Waals surface area contributed by atoms with Crippen LogP contribution in [0.5, 0.6) is 11.5 Å². The first kappa shape index (κ1) is 19.9. The number of methoxy groups -OCH3 is 1. The molecule has 0 atom stereocenters. The van der Waals surface area contributed by atoms with Crippen molar-refractivity contribution in [3.63, 3.8) is 0 Å². The molecule has 150 valence electrons. The number of amides is 4. The van der Waals surface area contributed by atoms with Crippen molar-refractivity contribution in [3.05, 3.63) is 54.1 Å². The smallest absolute Gasteiger partial charge is 0.387 e. The van der Waals surface area contributed by atoms with Crippen LogP contribution in [0.15, 0.2) is 48.5 Å². The summed E-state index contributed by atoms with van der Waals surface area (Å²) < 4.78 is 33.5. The molecule has 4 amide bonds. The molecular weight excluding hydrogens is 390 g/mol. The van der Waals surface area contributed by atoms with Gasteiger partial charge in [-0.3, -0.25) is 14.4 Å². The third-order valence-electron chi connectivity index (χ3n) is 4.09. The van der Waals surface area contributed by atoms with Gasteiger partial charge in [0.1, 0.15) is 11.5 Å². The Kier molecular flexibility index (Phi) is 5.53. The first-order valence-electron chi connectivity index (χ1n) is 8.24. The number of imide groups is 2. The van der Waals surface area contributed by atoms with Gasteiger partial charge in [-0.2, -0.15) is 8.78 Å². The van der Waals surface area contributed by atoms with E-state index in [1.165, 1.54) is 43.5 Å². The van der Waals surface area contributed by atoms with Crippen LogP contribution in [0, 0.1) is 0 Å². The van der Waals surface area contributed by atoms with Crippen LogP contribution >= 0.6 is 0 Å². The fraction of sp³-hybridized carbons (Fsp3) is 0.158. The molecular formula is C19H14F2N2O6. The fourth-order valence-electron chi connectivity index (χ4n) is 2.66. The molecule has 0 aliphatic carbocycles. The standard InChI is InChI=1S/C19H14F2N2O6/c1-28-13-8-4-12(5-9-13)23-17(26)16(25)22(19(23)27)10-15(24)11-2-6-14(7-3-11)29-18(20)21/h2-9,18H,10H2,1H3. The van der Waals surface area contributed by atoms with Crippen molar-refractivity contribution in [1.29, 1.82) is 0 Å². The Morgan fingerprint density at radius 1 is 0.931 bits per heavy atom. The van der Waals surface area contributed by atoms with Crippen molar-refractivity contribution in [3.8, 4) is 11.5 Å². The molecule has 29 heavy (non-hydrogen) atoms. The molecule has 0 spiro atoms. The van der Waals surface area contributed by atoms with Crippen LogP contribution in [0.2, 0.25) is 0 Å². The number of urea groups is 1. The van der Waals surface area contributed by atoms with Gasteiger partial charge in [0.05, 0.1) is 19.3 Å². The van der Waals surface area contributed by atoms with Crippen LogP contribution < -0.4 is 14.4 Å². The highest BCUT2D eigenvalue weighted by Gasteiger charge is 2.46. The number of anilines is 1. The highest BCUT2D eigenvalue weighted by atomic mass is 19.3. The van der Waals surface area contributed by atoms with Crippen LogP contribution in [-0.4, -0.2) is 48.8 Å². The maximum atomic E-state index is 12.5. The summed E-state index contributed by atoms with van der Waals surface area (Å²) in [6.07, 6.45) is 0. The largest absolute Gasteiger partial charge is 0.497 e. The lowest BCUT2D eigenvalue weighted by atomic mass is 10.1. The molecule has 8 nitrogen and oxygen atoms in total. The second-order valence-electron chi connectivity index (χ2n) is 5.84. The van der Waals surface area contributed by atoms with Crippen LogP contribution in [0.4, 0.5) is 19.3 Å². The summed E-state index contributed by atoms with van der Waals surface area (Å²) in [4.78, 5) is 50.5. The predicted molar refractivity (Wildman–Crippen MR) is 95.0 cm³/mol. The SMILES string of the molecule is COc1ccc(N2C(=O)C(=O)N(CC(=O)c3ccc(OC(F)F)cc3)C2=O)cc1. The van der Waals surface area contributed by atoms with Crippen molar-refractivity contribution in [2.75, 3.05) is 18.6 Å². The molecule has 0 N–H and O–H groups in total. The molecule has 1 saturated heterocycles. The van der Waals surface area contributed by atoms with Gasteiger partial charge in [-0.25, -0.2) is 14.6 Å². The number of ketones is 1. The number of Topliss-reactive ketones (excluding diaryl/α,β-unsaturated/α-hetero) is 1. The van der Waals surface area contributed by atoms with E-state index in [0.717, 1.165) is 12.1 Å². The van der Waals surface area contributed by atoms with E-state index in [-0.39, 0.29) is 17.0 Å². The molecule has 2 aromatic carbocycles. The van der Waals surface area contributed by atoms with E-state index in [1.54, 1.807) is 0 Å². The quantitative estimate of drug-likeness (QED) is 0.400. The Bertz CT molecular complexity index is 960. The molecule has 1 heterocycles. The average molecular weight is 404 g/mol. The zero-order valence-corrected chi connectivity index (χ0v) is 15.0. The van der Waals surface area contributed by atoms with Gasteiger partial charge in [0, 0.05) is 5.56 Å². The zero-order valence-electron chi connectivity index (χ0n) is 15.0. The first-order valence-corrected chi connectivity index (χ1v) is 8.24. The Morgan fingerprint density at radius 2 is 1.52 bits per heavy atom. The van der Waals surface area contributed by atoms with Gasteiger partial charge in [-0.15, -0.1) is 0 Å². The second-order valence-corrected chi connectivity index (χ2v) is 5.84. The lowest BCUT2D eigenvalue weighted by Crippen LogP contribution is -2.37. The summed E-state index contributed by atoms with van der Waals surface area (Å²) in [6, 6.07) is 9.65. The molecule has 1 aliphatic heterocycles. The van der Waals surface area contributed by atoms with Crippen molar-refractivity contribution in [1.82, 2.24) is 4.90 Å². The van der Waals surface area contributed by atoms with Crippen molar-refractivity contribution in [2.24, 2.45) is 0 Å². The molecule has 2 aromatic rings. The maximum Gasteiger partial charge on any atom is 0.387 e. The number of ether oxygens (including phenoxy) is 2. The number of carbonyl (C=O) groups excluding carboxylic acids is 4. The van der Waals surface area contributed by atoms with E-state index in [9.17, 15) is 28.0 Å². The third kappa shape index (κ3) is 4.05. The van der Waals surface area contributed by atoms with Crippen LogP contribution in [0.1, 0.15) is 10.4 Å². The molecule has 0 radical (unpaired) electrons. The number of rotatable bonds is 7. The van der Waals surface area contributed by atoms with E-state index in [2.05, 4.69) is 4.74 Å². The minimum absolute atomic E-state index is 0.0579. The number of carbonyl (C=O) groups is 4. The number of alkyl halides is 2. The second kappa shape index (κ2) is 8.05. The van der Waals surface area contributed by atoms with Gasteiger partial charge >= 0.3 is 24.5 Å². The van der Waals surface area contributed by atoms with Crippen molar-refractivity contribution >= 4 is 29.3 Å². The van der Waals surface area contributed by atoms with Gasteiger partial charge in [-0.1, -0.05) is 0 Å². The predicted octanol–water partition coefficient (Wildman–Crippen LogP) is 2.47. The lowest BCUT2D eigenvalue weighted by Gasteiger charge is -2.15. The van der Waals surface area contributed by atoms with Gasteiger partial charge in [-0.05, 0) is 48.5 Å². The molecule has 1 fully saturated rings. The third-order valence-corrected chi connectivity index (χ3v) is 4.09. The molecule has 3 rings (SSSR count). The normalized spacial score (nSPS) is 14.0. The summed E-state index contributed by atoms with van der Waals surface area (Å²) in [7, 11) is 1.45. The van der Waals surface area contributed by atoms with Crippen LogP contribution in [0.25, 0.3) is 0 Å². The van der Waals surface area contributed by atoms with Gasteiger partial charge in [0.15, 0.2) is 5.78 Å². The summed E-state index contributed by atoms with van der Waals surface area (Å²) in [5, 5.41) is 0. The monoisotopic (exact) mass is 404 g/mol. The Morgan fingerprint density at radius 3 is 2.07 bits per heavy atom. The Labute approximate surface area is 163 Å². The van der Waals surface area contributed by atoms with Gasteiger partial charge in [0.2, 0.25) is 0 Å². The minimum Gasteiger partial charge on any atom is -0.497 e. The maximum absolute atomic E-state index is 12.5. The van der Waals surface area contributed by atoms with E-state index in [1.807, 2.05) is 0 Å². The number of halogens is 2. The number of benzene rings is 2. The minimum atomic E-state index is -3.01. The summed E-state index contributed by atoms with van der Waals surface area (Å²) >= 11 is 0. The summed E-state index contributed by atoms with van der Waals surface area (Å²) in [6.45, 7) is -3.68. The molecule has 0 saturated carbocycles. The van der Waals surface area contributed by atoms with Gasteiger partial charge in [0.25, 0.3) is 0 Å². The molecule has 10 heteroatoms. The van der Waals surface area contributed by atoms with E-state index in [0.29, 0.717) is 15.5 Å². The number of nitrogens with zero attached hydrogens (tertiary/aromatic N) is 2.